The summed E-state index contributed by atoms with van der Waals surface area (Å²) in [6.07, 6.45) is 5.87. The van der Waals surface area contributed by atoms with E-state index < -0.39 is 0 Å². The summed E-state index contributed by atoms with van der Waals surface area (Å²) in [5, 5.41) is 12.1. The third-order valence-electron chi connectivity index (χ3n) is 5.98. The Balaban J connectivity index is 1.70. The van der Waals surface area contributed by atoms with Gasteiger partial charge in [0.05, 0.1) is 11.4 Å². The second-order valence-electron chi connectivity index (χ2n) is 8.19. The molecule has 4 heteroatoms. The lowest BCUT2D eigenvalue weighted by atomic mass is 9.87. The third-order valence-corrected chi connectivity index (χ3v) is 5.98. The Morgan fingerprint density at radius 1 is 0.765 bits per heavy atom. The first kappa shape index (κ1) is 21.5. The maximum atomic E-state index is 13.5. The molecule has 2 heterocycles. The number of hydrogen-bond acceptors (Lipinski definition) is 2. The molecule has 0 saturated carbocycles. The van der Waals surface area contributed by atoms with Crippen LogP contribution >= 0.6 is 0 Å². The van der Waals surface area contributed by atoms with Gasteiger partial charge in [0.15, 0.2) is 12.4 Å². The standard InChI is InChI=1S/C30H23FN2O/c31-25-16-13-24(14-17-25)29(34)21-26(22-9-3-1-4-10-22)30(33-19-7-2-8-20-33)28-18-15-23-11-5-6-12-27(23)32-28/h1-21,26,30H/p+1/b29-21-. The van der Waals surface area contributed by atoms with Gasteiger partial charge in [0.25, 0.3) is 0 Å². The van der Waals surface area contributed by atoms with Gasteiger partial charge in [-0.2, -0.15) is 4.57 Å². The third kappa shape index (κ3) is 4.57. The molecule has 0 aliphatic rings. The van der Waals surface area contributed by atoms with Crippen molar-refractivity contribution in [3.63, 3.8) is 0 Å². The molecular weight excluding hydrogens is 423 g/mol. The Labute approximate surface area is 198 Å². The minimum absolute atomic E-state index is 0.0937. The molecule has 1 N–H and O–H groups in total. The van der Waals surface area contributed by atoms with E-state index in [0.29, 0.717) is 5.56 Å². The van der Waals surface area contributed by atoms with Crippen molar-refractivity contribution in [3.8, 4) is 0 Å². The number of nitrogens with zero attached hydrogens (tertiary/aromatic N) is 2. The van der Waals surface area contributed by atoms with Crippen molar-refractivity contribution >= 4 is 16.7 Å². The second kappa shape index (κ2) is 9.67. The van der Waals surface area contributed by atoms with Crippen LogP contribution in [0.4, 0.5) is 4.39 Å². The zero-order valence-corrected chi connectivity index (χ0v) is 18.5. The van der Waals surface area contributed by atoms with Crippen LogP contribution in [0.5, 0.6) is 0 Å². The largest absolute Gasteiger partial charge is 0.508 e. The molecule has 0 fully saturated rings. The molecule has 5 aromatic rings. The number of pyridine rings is 2. The lowest BCUT2D eigenvalue weighted by Crippen LogP contribution is -2.43. The summed E-state index contributed by atoms with van der Waals surface area (Å²) < 4.78 is 15.6. The van der Waals surface area contributed by atoms with E-state index in [1.807, 2.05) is 85.2 Å². The number of rotatable bonds is 6. The molecule has 2 atom stereocenters. The van der Waals surface area contributed by atoms with Crippen LogP contribution in [0.3, 0.4) is 0 Å². The van der Waals surface area contributed by atoms with Gasteiger partial charge < -0.3 is 5.11 Å². The molecule has 3 aromatic carbocycles. The van der Waals surface area contributed by atoms with E-state index in [2.05, 4.69) is 22.8 Å². The van der Waals surface area contributed by atoms with Crippen LogP contribution in [0.1, 0.15) is 28.8 Å². The van der Waals surface area contributed by atoms with Crippen LogP contribution in [0.25, 0.3) is 16.7 Å². The van der Waals surface area contributed by atoms with E-state index >= 15 is 0 Å². The Morgan fingerprint density at radius 3 is 2.21 bits per heavy atom. The summed E-state index contributed by atoms with van der Waals surface area (Å²) in [7, 11) is 0. The smallest absolute Gasteiger partial charge is 0.210 e. The van der Waals surface area contributed by atoms with Crippen molar-refractivity contribution in [1.29, 1.82) is 0 Å². The highest BCUT2D eigenvalue weighted by molar-refractivity contribution is 5.78. The average Bonchev–Trinajstić information content (AvgIpc) is 2.89. The molecule has 34 heavy (non-hydrogen) atoms. The van der Waals surface area contributed by atoms with Gasteiger partial charge in [0.1, 0.15) is 17.3 Å². The summed E-state index contributed by atoms with van der Waals surface area (Å²) in [6.45, 7) is 0. The number of hydrogen-bond donors (Lipinski definition) is 1. The summed E-state index contributed by atoms with van der Waals surface area (Å²) in [5.74, 6) is -0.488. The number of aliphatic hydroxyl groups is 1. The first-order valence-electron chi connectivity index (χ1n) is 11.2. The van der Waals surface area contributed by atoms with Crippen LogP contribution in [-0.2, 0) is 0 Å². The molecule has 2 unspecified atom stereocenters. The second-order valence-corrected chi connectivity index (χ2v) is 8.19. The van der Waals surface area contributed by atoms with E-state index in [9.17, 15) is 9.50 Å². The van der Waals surface area contributed by atoms with Gasteiger partial charge in [0, 0.05) is 23.1 Å². The van der Waals surface area contributed by atoms with Crippen molar-refractivity contribution in [2.45, 2.75) is 12.0 Å². The van der Waals surface area contributed by atoms with Gasteiger partial charge in [-0.3, -0.25) is 0 Å². The van der Waals surface area contributed by atoms with Crippen LogP contribution in [0.2, 0.25) is 0 Å². The number of aromatic nitrogens is 2. The fourth-order valence-electron chi connectivity index (χ4n) is 4.30. The molecule has 0 saturated heterocycles. The predicted molar refractivity (Wildman–Crippen MR) is 133 cm³/mol. The Morgan fingerprint density at radius 2 is 1.44 bits per heavy atom. The zero-order chi connectivity index (χ0) is 23.3. The monoisotopic (exact) mass is 447 g/mol. The Bertz CT molecular complexity index is 1420. The summed E-state index contributed by atoms with van der Waals surface area (Å²) in [6, 6.07) is 33.8. The fraction of sp³-hybridized carbons (Fsp3) is 0.0667. The Kier molecular flexibility index (Phi) is 6.13. The normalized spacial score (nSPS) is 13.5. The van der Waals surface area contributed by atoms with Gasteiger partial charge in [0.2, 0.25) is 6.04 Å². The molecule has 0 radical (unpaired) electrons. The number of benzene rings is 3. The Hall–Kier alpha value is -4.31. The van der Waals surface area contributed by atoms with Crippen molar-refractivity contribution in [3.05, 3.63) is 150 Å². The van der Waals surface area contributed by atoms with E-state index in [4.69, 9.17) is 4.98 Å². The molecule has 3 nitrogen and oxygen atoms in total. The molecule has 0 aliphatic carbocycles. The van der Waals surface area contributed by atoms with Crippen LogP contribution in [0, 0.1) is 5.82 Å². The molecular formula is C30H24FN2O+. The topological polar surface area (TPSA) is 37.0 Å². The van der Waals surface area contributed by atoms with Crippen LogP contribution < -0.4 is 4.57 Å². The highest BCUT2D eigenvalue weighted by atomic mass is 19.1. The summed E-state index contributed by atoms with van der Waals surface area (Å²) in [5.41, 5.74) is 3.39. The van der Waals surface area contributed by atoms with Gasteiger partial charge in [-0.1, -0.05) is 60.7 Å². The molecule has 0 bridgehead atoms. The molecule has 166 valence electrons. The van der Waals surface area contributed by atoms with Crippen molar-refractivity contribution in [2.24, 2.45) is 0 Å². The number of para-hydroxylation sites is 1. The zero-order valence-electron chi connectivity index (χ0n) is 18.5. The number of allylic oxidation sites excluding steroid dienone is 1. The maximum absolute atomic E-state index is 13.5. The molecule has 0 aliphatic heterocycles. The van der Waals surface area contributed by atoms with Gasteiger partial charge in [-0.15, -0.1) is 0 Å². The van der Waals surface area contributed by atoms with Gasteiger partial charge in [-0.05, 0) is 48.0 Å². The molecule has 5 rings (SSSR count). The molecule has 2 aromatic heterocycles. The van der Waals surface area contributed by atoms with Gasteiger partial charge >= 0.3 is 0 Å². The summed E-state index contributed by atoms with van der Waals surface area (Å²) >= 11 is 0. The lowest BCUT2D eigenvalue weighted by molar-refractivity contribution is -0.716. The molecule has 0 spiro atoms. The molecule has 0 amide bonds. The van der Waals surface area contributed by atoms with Crippen LogP contribution in [0.15, 0.2) is 128 Å². The predicted octanol–water partition coefficient (Wildman–Crippen LogP) is 6.63. The van der Waals surface area contributed by atoms with Crippen molar-refractivity contribution in [2.75, 3.05) is 0 Å². The van der Waals surface area contributed by atoms with Crippen molar-refractivity contribution in [1.82, 2.24) is 4.98 Å². The minimum Gasteiger partial charge on any atom is -0.508 e. The fourth-order valence-corrected chi connectivity index (χ4v) is 4.30. The van der Waals surface area contributed by atoms with E-state index in [0.717, 1.165) is 22.2 Å². The number of fused-ring (bicyclic) bond motifs is 1. The van der Waals surface area contributed by atoms with E-state index in [-0.39, 0.29) is 23.5 Å². The van der Waals surface area contributed by atoms with E-state index in [1.165, 1.54) is 12.1 Å². The maximum Gasteiger partial charge on any atom is 0.210 e. The first-order valence-corrected chi connectivity index (χ1v) is 11.2. The first-order chi connectivity index (χ1) is 16.7. The lowest BCUT2D eigenvalue weighted by Gasteiger charge is -2.22. The number of aliphatic hydroxyl groups excluding tert-OH is 1. The summed E-state index contributed by atoms with van der Waals surface area (Å²) in [4.78, 5) is 5.01. The quantitative estimate of drug-likeness (QED) is 0.234. The average molecular weight is 448 g/mol. The van der Waals surface area contributed by atoms with E-state index in [1.54, 1.807) is 12.1 Å². The van der Waals surface area contributed by atoms with Crippen molar-refractivity contribution < 1.29 is 14.1 Å². The SMILES string of the molecule is O/C(=C\C(c1ccccc1)C(c1ccc2ccccc2n1)[n+]1ccccc1)c1ccc(F)cc1. The van der Waals surface area contributed by atoms with Crippen LogP contribution in [-0.4, -0.2) is 10.1 Å². The minimum atomic E-state index is -0.339. The van der Waals surface area contributed by atoms with Gasteiger partial charge in [-0.25, -0.2) is 9.37 Å². The highest BCUT2D eigenvalue weighted by Crippen LogP contribution is 2.34. The highest BCUT2D eigenvalue weighted by Gasteiger charge is 2.33. The number of halogens is 1.